The molecule has 0 atom stereocenters. The molecule has 1 aliphatic rings. The van der Waals surface area contributed by atoms with Gasteiger partial charge in [0.2, 0.25) is 11.8 Å². The maximum atomic E-state index is 13.2. The highest BCUT2D eigenvalue weighted by atomic mass is 32.2. The summed E-state index contributed by atoms with van der Waals surface area (Å²) in [6, 6.07) is 6.82. The minimum atomic E-state index is -4.57. The van der Waals surface area contributed by atoms with Crippen LogP contribution in [0.5, 0.6) is 0 Å². The first-order valence-electron chi connectivity index (χ1n) is 9.53. The molecule has 1 heterocycles. The van der Waals surface area contributed by atoms with Crippen LogP contribution in [-0.2, 0) is 11.0 Å². The molecule has 32 heavy (non-hydrogen) atoms. The largest absolute Gasteiger partial charge is 0.416 e. The Morgan fingerprint density at radius 1 is 1.16 bits per heavy atom. The molecular formula is C20H19F3N4O4S. The lowest BCUT2D eigenvalue weighted by Gasteiger charge is -2.23. The lowest BCUT2D eigenvalue weighted by molar-refractivity contribution is -0.387. The van der Waals surface area contributed by atoms with Crippen LogP contribution in [0.2, 0.25) is 0 Å². The van der Waals surface area contributed by atoms with Crippen molar-refractivity contribution < 1.29 is 27.7 Å². The van der Waals surface area contributed by atoms with E-state index in [1.807, 2.05) is 4.90 Å². The number of carbonyl (C=O) groups is 2. The monoisotopic (exact) mass is 468 g/mol. The van der Waals surface area contributed by atoms with Gasteiger partial charge in [-0.05, 0) is 43.2 Å². The van der Waals surface area contributed by atoms with Crippen molar-refractivity contribution in [1.29, 1.82) is 0 Å². The Balaban J connectivity index is 1.78. The van der Waals surface area contributed by atoms with Gasteiger partial charge in [0, 0.05) is 24.7 Å². The van der Waals surface area contributed by atoms with Crippen molar-refractivity contribution in [3.63, 3.8) is 0 Å². The molecule has 0 spiro atoms. The van der Waals surface area contributed by atoms with Crippen molar-refractivity contribution in [2.45, 2.75) is 23.9 Å². The van der Waals surface area contributed by atoms with Crippen molar-refractivity contribution in [3.05, 3.63) is 57.6 Å². The fraction of sp³-hybridized carbons (Fsp3) is 0.300. The molecule has 0 aliphatic carbocycles. The molecule has 0 radical (unpaired) electrons. The number of hydrogen-bond acceptors (Lipinski definition) is 6. The third-order valence-electron chi connectivity index (χ3n) is 4.84. The summed E-state index contributed by atoms with van der Waals surface area (Å²) in [5, 5.41) is 13.8. The van der Waals surface area contributed by atoms with E-state index in [9.17, 15) is 32.9 Å². The van der Waals surface area contributed by atoms with Crippen LogP contribution in [-0.4, -0.2) is 35.6 Å². The van der Waals surface area contributed by atoms with Crippen LogP contribution in [0.25, 0.3) is 0 Å². The first kappa shape index (κ1) is 23.4. The summed E-state index contributed by atoms with van der Waals surface area (Å²) in [6.45, 7) is 1.34. The number of nitro groups is 1. The summed E-state index contributed by atoms with van der Waals surface area (Å²) in [5.74, 6) is -1.74. The van der Waals surface area contributed by atoms with Gasteiger partial charge >= 0.3 is 6.18 Å². The first-order valence-corrected chi connectivity index (χ1v) is 10.5. The predicted molar refractivity (Wildman–Crippen MR) is 114 cm³/mol. The Bertz CT molecular complexity index is 1060. The molecule has 0 saturated carbocycles. The fourth-order valence-electron chi connectivity index (χ4n) is 3.31. The first-order chi connectivity index (χ1) is 15.1. The Morgan fingerprint density at radius 2 is 1.84 bits per heavy atom. The van der Waals surface area contributed by atoms with Crippen molar-refractivity contribution in [2.24, 2.45) is 5.73 Å². The fourth-order valence-corrected chi connectivity index (χ4v) is 4.12. The predicted octanol–water partition coefficient (Wildman–Crippen LogP) is 4.04. The summed E-state index contributed by atoms with van der Waals surface area (Å²) in [7, 11) is 0. The van der Waals surface area contributed by atoms with Crippen LogP contribution in [0.4, 0.5) is 30.2 Å². The van der Waals surface area contributed by atoms with E-state index < -0.39 is 34.2 Å². The molecule has 0 bridgehead atoms. The average Bonchev–Trinajstić information content (AvgIpc) is 3.26. The normalized spacial score (nSPS) is 13.8. The van der Waals surface area contributed by atoms with Gasteiger partial charge in [0.25, 0.3) is 5.69 Å². The number of anilines is 2. The smallest absolute Gasteiger partial charge is 0.370 e. The van der Waals surface area contributed by atoms with Crippen LogP contribution in [0.3, 0.4) is 0 Å². The minimum absolute atomic E-state index is 0.0332. The van der Waals surface area contributed by atoms with Gasteiger partial charge < -0.3 is 16.0 Å². The molecule has 1 saturated heterocycles. The summed E-state index contributed by atoms with van der Waals surface area (Å²) in [6.07, 6.45) is -2.77. The van der Waals surface area contributed by atoms with Crippen molar-refractivity contribution in [1.82, 2.24) is 0 Å². The van der Waals surface area contributed by atoms with Crippen LogP contribution in [0.15, 0.2) is 41.3 Å². The summed E-state index contributed by atoms with van der Waals surface area (Å²) in [5.41, 5.74) is 4.33. The van der Waals surface area contributed by atoms with Crippen molar-refractivity contribution >= 4 is 40.6 Å². The average molecular weight is 468 g/mol. The van der Waals surface area contributed by atoms with Gasteiger partial charge in [0.05, 0.1) is 32.5 Å². The number of primary amides is 1. The lowest BCUT2D eigenvalue weighted by Crippen LogP contribution is -2.22. The van der Waals surface area contributed by atoms with E-state index in [0.29, 0.717) is 18.8 Å². The van der Waals surface area contributed by atoms with Crippen LogP contribution in [0, 0.1) is 10.1 Å². The van der Waals surface area contributed by atoms with Gasteiger partial charge in [-0.1, -0.05) is 0 Å². The molecule has 3 rings (SSSR count). The summed E-state index contributed by atoms with van der Waals surface area (Å²) >= 11 is 0.829. The number of hydrogen-bond donors (Lipinski definition) is 2. The molecule has 0 unspecified atom stereocenters. The number of amides is 2. The molecule has 3 N–H and O–H groups in total. The Kier molecular flexibility index (Phi) is 6.92. The van der Waals surface area contributed by atoms with E-state index >= 15 is 0 Å². The number of thioether (sulfide) groups is 1. The Labute approximate surface area is 185 Å². The molecule has 1 fully saturated rings. The molecular weight excluding hydrogens is 449 g/mol. The van der Waals surface area contributed by atoms with Crippen molar-refractivity contribution in [3.8, 4) is 0 Å². The highest BCUT2D eigenvalue weighted by Crippen LogP contribution is 2.37. The van der Waals surface area contributed by atoms with Gasteiger partial charge in [-0.15, -0.1) is 11.8 Å². The van der Waals surface area contributed by atoms with Crippen LogP contribution in [0.1, 0.15) is 28.8 Å². The second-order valence-corrected chi connectivity index (χ2v) is 8.08. The minimum Gasteiger partial charge on any atom is -0.370 e. The number of benzene rings is 2. The second kappa shape index (κ2) is 9.47. The number of nitro benzene ring substituents is 1. The molecule has 12 heteroatoms. The Hall–Kier alpha value is -3.28. The third kappa shape index (κ3) is 5.49. The Morgan fingerprint density at radius 3 is 2.44 bits per heavy atom. The standard InChI is InChI=1S/C20H19F3N4O4S/c21-20(22,23)13-4-5-15(26-7-1-2-8-26)14(10-13)25-18(28)11-32-17-6-3-12(19(24)29)9-16(17)27(30)31/h3-6,9-10H,1-2,7-8,11H2,(H2,24,29)(H,25,28). The number of nitrogens with one attached hydrogen (secondary N) is 1. The maximum Gasteiger partial charge on any atom is 0.416 e. The zero-order valence-electron chi connectivity index (χ0n) is 16.6. The van der Waals surface area contributed by atoms with Gasteiger partial charge in [-0.25, -0.2) is 0 Å². The van der Waals surface area contributed by atoms with E-state index in [1.54, 1.807) is 0 Å². The van der Waals surface area contributed by atoms with E-state index in [2.05, 4.69) is 5.32 Å². The summed E-state index contributed by atoms with van der Waals surface area (Å²) < 4.78 is 39.5. The quantitative estimate of drug-likeness (QED) is 0.360. The van der Waals surface area contributed by atoms with E-state index in [-0.39, 0.29) is 21.9 Å². The van der Waals surface area contributed by atoms with Gasteiger partial charge in [0.1, 0.15) is 0 Å². The number of nitrogens with two attached hydrogens (primary N) is 1. The van der Waals surface area contributed by atoms with Gasteiger partial charge in [-0.3, -0.25) is 19.7 Å². The molecule has 2 aromatic rings. The molecule has 1 aliphatic heterocycles. The highest BCUT2D eigenvalue weighted by Gasteiger charge is 2.32. The van der Waals surface area contributed by atoms with E-state index in [1.165, 1.54) is 18.2 Å². The SMILES string of the molecule is NC(=O)c1ccc(SCC(=O)Nc2cc(C(F)(F)F)ccc2N2CCCC2)c([N+](=O)[O-])c1. The number of rotatable bonds is 7. The second-order valence-electron chi connectivity index (χ2n) is 7.06. The van der Waals surface area contributed by atoms with E-state index in [4.69, 9.17) is 5.73 Å². The highest BCUT2D eigenvalue weighted by molar-refractivity contribution is 8.00. The van der Waals surface area contributed by atoms with Crippen molar-refractivity contribution in [2.75, 3.05) is 29.1 Å². The number of nitrogens with zero attached hydrogens (tertiary/aromatic N) is 2. The molecule has 2 aromatic carbocycles. The van der Waals surface area contributed by atoms with E-state index in [0.717, 1.165) is 42.8 Å². The number of carbonyl (C=O) groups excluding carboxylic acids is 2. The maximum absolute atomic E-state index is 13.2. The molecule has 2 amide bonds. The lowest BCUT2D eigenvalue weighted by atomic mass is 10.1. The number of halogens is 3. The molecule has 8 nitrogen and oxygen atoms in total. The number of alkyl halides is 3. The zero-order chi connectivity index (χ0) is 23.5. The molecule has 0 aromatic heterocycles. The van der Waals surface area contributed by atoms with Gasteiger partial charge in [0.15, 0.2) is 0 Å². The topological polar surface area (TPSA) is 119 Å². The third-order valence-corrected chi connectivity index (χ3v) is 5.91. The summed E-state index contributed by atoms with van der Waals surface area (Å²) in [4.78, 5) is 36.3. The zero-order valence-corrected chi connectivity index (χ0v) is 17.5. The molecule has 170 valence electrons. The van der Waals surface area contributed by atoms with Crippen LogP contribution < -0.4 is 16.0 Å². The van der Waals surface area contributed by atoms with Crippen LogP contribution >= 0.6 is 11.8 Å². The van der Waals surface area contributed by atoms with Gasteiger partial charge in [-0.2, -0.15) is 13.2 Å².